The molecule has 0 bridgehead atoms. The molecule has 0 aromatic heterocycles. The average Bonchev–Trinajstić information content (AvgIpc) is 2.31. The molecule has 6 nitrogen and oxygen atoms in total. The Kier molecular flexibility index (Phi) is 6.56. The molecule has 0 unspecified atom stereocenters. The Labute approximate surface area is 105 Å². The number of hydrogen-bond donors (Lipinski definition) is 0. The summed E-state index contributed by atoms with van der Waals surface area (Å²) in [5.74, 6) is -2.20. The normalized spacial score (nSPS) is 11.3. The summed E-state index contributed by atoms with van der Waals surface area (Å²) < 4.78 is 8.88. The van der Waals surface area contributed by atoms with Crippen LogP contribution < -0.4 is 0 Å². The maximum absolute atomic E-state index is 11.4. The SMILES string of the molecule is COC(=O)C/C(C(C)=O)=C(\CC(=O)OC)C(C)=O. The van der Waals surface area contributed by atoms with Gasteiger partial charge in [-0.25, -0.2) is 0 Å². The second-order valence-corrected chi connectivity index (χ2v) is 3.58. The van der Waals surface area contributed by atoms with Gasteiger partial charge in [0.25, 0.3) is 0 Å². The van der Waals surface area contributed by atoms with E-state index in [9.17, 15) is 19.2 Å². The lowest BCUT2D eigenvalue weighted by atomic mass is 9.96. The highest BCUT2D eigenvalue weighted by Gasteiger charge is 2.21. The number of ether oxygens (including phenoxy) is 2. The molecule has 0 fully saturated rings. The van der Waals surface area contributed by atoms with Crippen LogP contribution in [0.5, 0.6) is 0 Å². The molecule has 0 spiro atoms. The van der Waals surface area contributed by atoms with Gasteiger partial charge in [0.05, 0.1) is 27.1 Å². The van der Waals surface area contributed by atoms with E-state index in [2.05, 4.69) is 9.47 Å². The summed E-state index contributed by atoms with van der Waals surface area (Å²) in [7, 11) is 2.35. The first-order valence-corrected chi connectivity index (χ1v) is 5.21. The number of ketones is 2. The number of hydrogen-bond acceptors (Lipinski definition) is 6. The molecular formula is C12H16O6. The average molecular weight is 256 g/mol. The van der Waals surface area contributed by atoms with Gasteiger partial charge in [0.2, 0.25) is 0 Å². The first-order chi connectivity index (χ1) is 8.33. The number of rotatable bonds is 6. The lowest BCUT2D eigenvalue weighted by Gasteiger charge is -2.09. The van der Waals surface area contributed by atoms with Crippen molar-refractivity contribution in [1.29, 1.82) is 0 Å². The van der Waals surface area contributed by atoms with Crippen LogP contribution in [0.3, 0.4) is 0 Å². The van der Waals surface area contributed by atoms with Crippen LogP contribution in [0.4, 0.5) is 0 Å². The molecule has 0 saturated carbocycles. The van der Waals surface area contributed by atoms with Crippen LogP contribution in [0.15, 0.2) is 11.1 Å². The third kappa shape index (κ3) is 4.90. The van der Waals surface area contributed by atoms with Crippen molar-refractivity contribution in [2.45, 2.75) is 26.7 Å². The van der Waals surface area contributed by atoms with Gasteiger partial charge in [0.1, 0.15) is 0 Å². The summed E-state index contributed by atoms with van der Waals surface area (Å²) >= 11 is 0. The molecule has 0 aliphatic heterocycles. The Bertz CT molecular complexity index is 367. The first kappa shape index (κ1) is 16.0. The van der Waals surface area contributed by atoms with E-state index in [4.69, 9.17) is 0 Å². The van der Waals surface area contributed by atoms with Crippen LogP contribution >= 0.6 is 0 Å². The van der Waals surface area contributed by atoms with E-state index in [-0.39, 0.29) is 24.0 Å². The fourth-order valence-electron chi connectivity index (χ4n) is 1.32. The lowest BCUT2D eigenvalue weighted by Crippen LogP contribution is -2.16. The third-order valence-electron chi connectivity index (χ3n) is 2.31. The van der Waals surface area contributed by atoms with Gasteiger partial charge in [-0.05, 0) is 13.8 Å². The Balaban J connectivity index is 5.43. The molecule has 0 aromatic rings. The number of carbonyl (C=O) groups excluding carboxylic acids is 4. The van der Waals surface area contributed by atoms with Crippen molar-refractivity contribution in [3.05, 3.63) is 11.1 Å². The van der Waals surface area contributed by atoms with Crippen LogP contribution in [-0.4, -0.2) is 37.7 Å². The zero-order valence-corrected chi connectivity index (χ0v) is 10.9. The van der Waals surface area contributed by atoms with Gasteiger partial charge in [-0.3, -0.25) is 19.2 Å². The van der Waals surface area contributed by atoms with E-state index in [0.717, 1.165) is 0 Å². The summed E-state index contributed by atoms with van der Waals surface area (Å²) in [6.07, 6.45) is -0.671. The predicted molar refractivity (Wildman–Crippen MR) is 61.7 cm³/mol. The van der Waals surface area contributed by atoms with E-state index in [1.165, 1.54) is 28.1 Å². The summed E-state index contributed by atoms with van der Waals surface area (Å²) in [6.45, 7) is 2.44. The van der Waals surface area contributed by atoms with E-state index < -0.39 is 23.5 Å². The highest BCUT2D eigenvalue weighted by Crippen LogP contribution is 2.16. The molecule has 0 rings (SSSR count). The van der Waals surface area contributed by atoms with Crippen LogP contribution in [0.2, 0.25) is 0 Å². The standard InChI is InChI=1S/C12H16O6/c1-7(13)9(5-11(15)17-3)10(8(2)14)6-12(16)18-4/h5-6H2,1-4H3/b10-9-. The van der Waals surface area contributed by atoms with E-state index >= 15 is 0 Å². The molecule has 0 aliphatic carbocycles. The fourth-order valence-corrected chi connectivity index (χ4v) is 1.32. The zero-order chi connectivity index (χ0) is 14.3. The Morgan fingerprint density at radius 3 is 1.17 bits per heavy atom. The van der Waals surface area contributed by atoms with Crippen LogP contribution in [0.1, 0.15) is 26.7 Å². The highest BCUT2D eigenvalue weighted by molar-refractivity contribution is 6.08. The summed E-state index contributed by atoms with van der Waals surface area (Å²) in [4.78, 5) is 45.2. The molecule has 18 heavy (non-hydrogen) atoms. The summed E-state index contributed by atoms with van der Waals surface area (Å²) in [5.41, 5.74) is -0.0282. The van der Waals surface area contributed by atoms with Gasteiger partial charge in [-0.15, -0.1) is 0 Å². The molecule has 0 N–H and O–H groups in total. The third-order valence-corrected chi connectivity index (χ3v) is 2.31. The largest absolute Gasteiger partial charge is 0.469 e. The number of esters is 2. The van der Waals surface area contributed by atoms with Crippen molar-refractivity contribution >= 4 is 23.5 Å². The number of Topliss-reactive ketones (excluding diaryl/α,β-unsaturated/α-hetero) is 2. The van der Waals surface area contributed by atoms with Crippen molar-refractivity contribution in [3.63, 3.8) is 0 Å². The number of carbonyl (C=O) groups is 4. The maximum atomic E-state index is 11.4. The fraction of sp³-hybridized carbons (Fsp3) is 0.500. The van der Waals surface area contributed by atoms with Gasteiger partial charge in [0, 0.05) is 11.1 Å². The van der Waals surface area contributed by atoms with Crippen molar-refractivity contribution in [3.8, 4) is 0 Å². The minimum atomic E-state index is -0.649. The second-order valence-electron chi connectivity index (χ2n) is 3.58. The minimum absolute atomic E-state index is 0.0141. The molecule has 0 aromatic carbocycles. The van der Waals surface area contributed by atoms with Crippen molar-refractivity contribution < 1.29 is 28.7 Å². The van der Waals surface area contributed by atoms with Crippen molar-refractivity contribution in [2.24, 2.45) is 0 Å². The van der Waals surface area contributed by atoms with Gasteiger partial charge in [0.15, 0.2) is 11.6 Å². The second kappa shape index (κ2) is 7.37. The molecule has 0 amide bonds. The van der Waals surface area contributed by atoms with Gasteiger partial charge in [-0.1, -0.05) is 0 Å². The van der Waals surface area contributed by atoms with E-state index in [1.807, 2.05) is 0 Å². The Hall–Kier alpha value is -1.98. The minimum Gasteiger partial charge on any atom is -0.469 e. The smallest absolute Gasteiger partial charge is 0.310 e. The van der Waals surface area contributed by atoms with Crippen molar-refractivity contribution in [1.82, 2.24) is 0 Å². The van der Waals surface area contributed by atoms with E-state index in [0.29, 0.717) is 0 Å². The maximum Gasteiger partial charge on any atom is 0.310 e. The zero-order valence-electron chi connectivity index (χ0n) is 10.9. The van der Waals surface area contributed by atoms with Crippen LogP contribution in [-0.2, 0) is 28.7 Å². The summed E-state index contributed by atoms with van der Waals surface area (Å²) in [5, 5.41) is 0. The summed E-state index contributed by atoms with van der Waals surface area (Å²) in [6, 6.07) is 0. The van der Waals surface area contributed by atoms with Gasteiger partial charge in [-0.2, -0.15) is 0 Å². The van der Waals surface area contributed by atoms with E-state index in [1.54, 1.807) is 0 Å². The van der Waals surface area contributed by atoms with Crippen LogP contribution in [0.25, 0.3) is 0 Å². The first-order valence-electron chi connectivity index (χ1n) is 5.21. The monoisotopic (exact) mass is 256 g/mol. The topological polar surface area (TPSA) is 86.7 Å². The molecule has 0 atom stereocenters. The molecule has 0 saturated heterocycles. The van der Waals surface area contributed by atoms with Crippen molar-refractivity contribution in [2.75, 3.05) is 14.2 Å². The van der Waals surface area contributed by atoms with Gasteiger partial charge >= 0.3 is 11.9 Å². The Morgan fingerprint density at radius 1 is 0.722 bits per heavy atom. The molecule has 6 heteroatoms. The van der Waals surface area contributed by atoms with Crippen LogP contribution in [0, 0.1) is 0 Å². The molecule has 100 valence electrons. The lowest BCUT2D eigenvalue weighted by molar-refractivity contribution is -0.141. The number of methoxy groups -OCH3 is 2. The predicted octanol–water partition coefficient (Wildman–Crippen LogP) is 0.587. The molecular weight excluding hydrogens is 240 g/mol. The highest BCUT2D eigenvalue weighted by atomic mass is 16.5. The molecule has 0 radical (unpaired) electrons. The Morgan fingerprint density at radius 2 is 1.00 bits per heavy atom. The molecule has 0 aliphatic rings. The van der Waals surface area contributed by atoms with Gasteiger partial charge < -0.3 is 9.47 Å². The molecule has 0 heterocycles. The quantitative estimate of drug-likeness (QED) is 0.510.